The Bertz CT molecular complexity index is 764. The molecule has 1 unspecified atom stereocenters. The highest BCUT2D eigenvalue weighted by Crippen LogP contribution is 2.37. The molecular formula is C24H32O3S3. The van der Waals surface area contributed by atoms with Crippen LogP contribution in [0, 0.1) is 0 Å². The van der Waals surface area contributed by atoms with Crippen LogP contribution in [-0.4, -0.2) is 24.7 Å². The summed E-state index contributed by atoms with van der Waals surface area (Å²) in [6.45, 7) is 11.7. The van der Waals surface area contributed by atoms with E-state index in [1.54, 1.807) is 30.6 Å². The van der Waals surface area contributed by atoms with Crippen LogP contribution in [0.25, 0.3) is 0 Å². The summed E-state index contributed by atoms with van der Waals surface area (Å²) in [5.41, 5.74) is 1.28. The zero-order valence-corrected chi connectivity index (χ0v) is 20.9. The molecule has 1 heterocycles. The zero-order valence-electron chi connectivity index (χ0n) is 18.4. The summed E-state index contributed by atoms with van der Waals surface area (Å²) in [5, 5.41) is 4.00. The second-order valence-electron chi connectivity index (χ2n) is 5.71. The van der Waals surface area contributed by atoms with E-state index in [-0.39, 0.29) is 6.10 Å². The number of hydrogen-bond acceptors (Lipinski definition) is 6. The van der Waals surface area contributed by atoms with Crippen LogP contribution in [0.1, 0.15) is 27.7 Å². The maximum atomic E-state index is 5.89. The minimum atomic E-state index is 0.177. The van der Waals surface area contributed by atoms with Crippen LogP contribution < -0.4 is 9.47 Å². The Morgan fingerprint density at radius 3 is 2.40 bits per heavy atom. The van der Waals surface area contributed by atoms with E-state index in [0.717, 1.165) is 22.2 Å². The number of para-hydroxylation sites is 1. The Morgan fingerprint density at radius 2 is 1.87 bits per heavy atom. The predicted octanol–water partition coefficient (Wildman–Crippen LogP) is 8.44. The van der Waals surface area contributed by atoms with E-state index in [2.05, 4.69) is 25.8 Å². The molecule has 0 radical (unpaired) electrons. The summed E-state index contributed by atoms with van der Waals surface area (Å²) in [7, 11) is 1.64. The maximum Gasteiger partial charge on any atom is 0.169 e. The number of rotatable bonds is 8. The van der Waals surface area contributed by atoms with Crippen molar-refractivity contribution in [3.8, 4) is 17.2 Å². The normalized spacial score (nSPS) is 14.4. The van der Waals surface area contributed by atoms with Crippen molar-refractivity contribution in [1.82, 2.24) is 0 Å². The van der Waals surface area contributed by atoms with Crippen LogP contribution >= 0.6 is 35.6 Å². The average molecular weight is 465 g/mol. The third-order valence-corrected chi connectivity index (χ3v) is 6.05. The van der Waals surface area contributed by atoms with Gasteiger partial charge in [-0.1, -0.05) is 45.5 Å². The van der Waals surface area contributed by atoms with Crippen LogP contribution in [0.15, 0.2) is 76.4 Å². The van der Waals surface area contributed by atoms with E-state index in [0.29, 0.717) is 11.5 Å². The highest BCUT2D eigenvalue weighted by atomic mass is 32.2. The van der Waals surface area contributed by atoms with Crippen LogP contribution in [0.3, 0.4) is 0 Å². The van der Waals surface area contributed by atoms with Gasteiger partial charge in [0.15, 0.2) is 11.5 Å². The van der Waals surface area contributed by atoms with Gasteiger partial charge in [0.05, 0.1) is 7.11 Å². The van der Waals surface area contributed by atoms with Gasteiger partial charge in [0.2, 0.25) is 0 Å². The minimum absolute atomic E-state index is 0.177. The first-order chi connectivity index (χ1) is 14.7. The largest absolute Gasteiger partial charge is 0.493 e. The van der Waals surface area contributed by atoms with E-state index < -0.39 is 0 Å². The van der Waals surface area contributed by atoms with Crippen molar-refractivity contribution in [2.45, 2.75) is 38.7 Å². The third kappa shape index (κ3) is 9.56. The summed E-state index contributed by atoms with van der Waals surface area (Å²) in [5.74, 6) is 4.28. The summed E-state index contributed by atoms with van der Waals surface area (Å²) >= 11 is 4.89. The van der Waals surface area contributed by atoms with E-state index in [1.165, 1.54) is 17.6 Å². The molecule has 0 amide bonds. The lowest BCUT2D eigenvalue weighted by Crippen LogP contribution is -2.09. The van der Waals surface area contributed by atoms with E-state index in [1.807, 2.05) is 67.8 Å². The van der Waals surface area contributed by atoms with Gasteiger partial charge < -0.3 is 13.7 Å². The summed E-state index contributed by atoms with van der Waals surface area (Å²) < 4.78 is 17.2. The molecule has 30 heavy (non-hydrogen) atoms. The molecule has 1 atom stereocenters. The quantitative estimate of drug-likeness (QED) is 0.364. The Labute approximate surface area is 194 Å². The molecule has 164 valence electrons. The number of benzene rings is 2. The first kappa shape index (κ1) is 26.6. The second kappa shape index (κ2) is 16.3. The Morgan fingerprint density at radius 1 is 1.13 bits per heavy atom. The highest BCUT2D eigenvalue weighted by Gasteiger charge is 2.18. The van der Waals surface area contributed by atoms with Gasteiger partial charge in [-0.05, 0) is 59.4 Å². The number of ether oxygens (including phenoxy) is 2. The number of hydrogen-bond donors (Lipinski definition) is 0. The highest BCUT2D eigenvalue weighted by molar-refractivity contribution is 8.02. The van der Waals surface area contributed by atoms with E-state index in [4.69, 9.17) is 13.7 Å². The van der Waals surface area contributed by atoms with Crippen LogP contribution in [0.2, 0.25) is 0 Å². The van der Waals surface area contributed by atoms with Crippen molar-refractivity contribution in [2.75, 3.05) is 18.6 Å². The average Bonchev–Trinajstić information content (AvgIpc) is 3.21. The van der Waals surface area contributed by atoms with Gasteiger partial charge in [0.1, 0.15) is 11.9 Å². The van der Waals surface area contributed by atoms with E-state index >= 15 is 0 Å². The van der Waals surface area contributed by atoms with Crippen LogP contribution in [0.5, 0.6) is 17.2 Å². The molecule has 0 fully saturated rings. The lowest BCUT2D eigenvalue weighted by molar-refractivity contribution is 0.314. The molecule has 2 aromatic carbocycles. The fraction of sp³-hybridized carbons (Fsp3) is 0.333. The lowest BCUT2D eigenvalue weighted by Gasteiger charge is -2.14. The molecule has 0 bridgehead atoms. The second-order valence-corrected chi connectivity index (χ2v) is 8.69. The molecule has 0 aromatic heterocycles. The lowest BCUT2D eigenvalue weighted by atomic mass is 10.2. The van der Waals surface area contributed by atoms with Gasteiger partial charge >= 0.3 is 0 Å². The van der Waals surface area contributed by atoms with Crippen molar-refractivity contribution in [1.29, 1.82) is 0 Å². The molecule has 6 heteroatoms. The van der Waals surface area contributed by atoms with Gasteiger partial charge in [0.25, 0.3) is 0 Å². The van der Waals surface area contributed by atoms with Gasteiger partial charge in [-0.2, -0.15) is 0 Å². The van der Waals surface area contributed by atoms with Crippen molar-refractivity contribution in [2.24, 2.45) is 0 Å². The fourth-order valence-corrected chi connectivity index (χ4v) is 4.27. The van der Waals surface area contributed by atoms with Crippen molar-refractivity contribution in [3.05, 3.63) is 71.5 Å². The molecule has 1 aliphatic heterocycles. The Hall–Kier alpha value is -1.47. The minimum Gasteiger partial charge on any atom is -0.493 e. The van der Waals surface area contributed by atoms with Crippen LogP contribution in [0.4, 0.5) is 0 Å². The standard InChI is InChI=1S/C18H18O3S2.C4H8S.C2H6/c1-13-11-22-12-18(13)21-23-15-8-9-16(17(10-15)19-2)20-14-6-4-3-5-7-14;1-3-5-4-2;1-2/h3-11,18H,12H2,1-2H3;3H,1,4H2,2H3;1-2H3. The molecule has 3 rings (SSSR count). The molecule has 0 saturated heterocycles. The van der Waals surface area contributed by atoms with Crippen molar-refractivity contribution >= 4 is 35.6 Å². The first-order valence-corrected chi connectivity index (χ1v) is 12.8. The molecule has 2 aromatic rings. The third-order valence-electron chi connectivity index (χ3n) is 3.68. The molecule has 0 spiro atoms. The number of methoxy groups -OCH3 is 1. The molecule has 0 saturated carbocycles. The fourth-order valence-electron chi connectivity index (χ4n) is 2.21. The molecule has 0 aliphatic carbocycles. The monoisotopic (exact) mass is 464 g/mol. The SMILES string of the molecule is C=CSCC.CC.COc1cc(SOC2CSC=C2C)ccc1Oc1ccccc1. The van der Waals surface area contributed by atoms with Crippen LogP contribution in [-0.2, 0) is 4.18 Å². The Balaban J connectivity index is 0.000000565. The van der Waals surface area contributed by atoms with Gasteiger partial charge in [-0.3, -0.25) is 0 Å². The summed E-state index contributed by atoms with van der Waals surface area (Å²) in [4.78, 5) is 0.993. The Kier molecular flexibility index (Phi) is 14.4. The maximum absolute atomic E-state index is 5.89. The van der Waals surface area contributed by atoms with E-state index in [9.17, 15) is 0 Å². The molecular weight excluding hydrogens is 432 g/mol. The van der Waals surface area contributed by atoms with Gasteiger partial charge in [-0.15, -0.1) is 23.5 Å². The molecule has 0 N–H and O–H groups in total. The predicted molar refractivity (Wildman–Crippen MR) is 136 cm³/mol. The number of thioether (sulfide) groups is 2. The topological polar surface area (TPSA) is 27.7 Å². The molecule has 3 nitrogen and oxygen atoms in total. The van der Waals surface area contributed by atoms with Gasteiger partial charge in [-0.25, -0.2) is 0 Å². The summed E-state index contributed by atoms with van der Waals surface area (Å²) in [6.07, 6.45) is 0.177. The smallest absolute Gasteiger partial charge is 0.169 e. The van der Waals surface area contributed by atoms with Crippen molar-refractivity contribution < 1.29 is 13.7 Å². The first-order valence-electron chi connectivity index (χ1n) is 9.93. The van der Waals surface area contributed by atoms with Gasteiger partial charge in [0, 0.05) is 22.7 Å². The van der Waals surface area contributed by atoms with Crippen molar-refractivity contribution in [3.63, 3.8) is 0 Å². The zero-order chi connectivity index (χ0) is 22.2. The summed E-state index contributed by atoms with van der Waals surface area (Å²) in [6, 6.07) is 15.5. The molecule has 1 aliphatic rings.